The van der Waals surface area contributed by atoms with E-state index in [4.69, 9.17) is 4.74 Å². The Hall–Kier alpha value is -0.501. The molecule has 3 N–H and O–H groups in total. The Balaban J connectivity index is 0.000000354. The summed E-state index contributed by atoms with van der Waals surface area (Å²) in [5.41, 5.74) is 2.45. The van der Waals surface area contributed by atoms with Gasteiger partial charge in [0, 0.05) is 28.8 Å². The number of ether oxygens (including phenoxy) is 1. The molecule has 59 heavy (non-hydrogen) atoms. The van der Waals surface area contributed by atoms with Crippen molar-refractivity contribution in [2.45, 2.75) is 64.1 Å². The molecule has 2 heterocycles. The summed E-state index contributed by atoms with van der Waals surface area (Å²) in [5, 5.41) is 8.88. The Morgan fingerprint density at radius 3 is 1.54 bits per heavy atom. The van der Waals surface area contributed by atoms with Crippen molar-refractivity contribution in [2.75, 3.05) is 23.7 Å². The number of hydrogen-bond donors (Lipinski definition) is 3. The predicted molar refractivity (Wildman–Crippen MR) is 274 cm³/mol. The Labute approximate surface area is 419 Å². The number of halogens is 6. The standard InChI is InChI=1S/C23H26N2O4.C18H18N2O2.ClH.5HI.2V/c1-23(2,3)29-22(28)25-15-9-14-19(25)21(27)24-18-13-8-7-12-17(18)20(26)16-10-5-4-6-11-16;21-17(13-7-2-1-3-8-13)14-9-4-5-10-15(14)20-18(22)16-11-6-12-19-16;;;;;;;;/h4-8,10-13,19H,9,14-15H2,1-3H3,(H,24,27);1-5,7-10,16,19H,6,11-12H2,(H,20,22);6*1H;;/q;;;;;;;;+2;+3/p-5/t19-;16-;;;;;;;;/m11......../s1. The first-order chi connectivity index (χ1) is 27.7. The normalized spacial score (nSPS) is 15.3. The molecular formula is C41H45ClI5N4O6V2. The van der Waals surface area contributed by atoms with Crippen LogP contribution < -0.4 is 16.0 Å². The summed E-state index contributed by atoms with van der Waals surface area (Å²) in [6, 6.07) is 31.2. The van der Waals surface area contributed by atoms with E-state index in [1.165, 1.54) is 4.90 Å². The van der Waals surface area contributed by atoms with Crippen molar-refractivity contribution in [3.8, 4) is 0 Å². The third-order valence-corrected chi connectivity index (χ3v) is 8.49. The molecule has 2 aliphatic rings. The fourth-order valence-electron chi connectivity index (χ4n) is 5.99. The van der Waals surface area contributed by atoms with Gasteiger partial charge in [-0.1, -0.05) is 84.9 Å². The first-order valence-corrected chi connectivity index (χ1v) is 40.6. The minimum absolute atomic E-state index is 0. The van der Waals surface area contributed by atoms with Crippen LogP contribution in [0, 0.1) is 0 Å². The Morgan fingerprint density at radius 2 is 1.12 bits per heavy atom. The second kappa shape index (κ2) is 29.0. The van der Waals surface area contributed by atoms with Crippen LogP contribution in [-0.4, -0.2) is 65.1 Å². The van der Waals surface area contributed by atoms with Gasteiger partial charge < -0.3 is 20.7 Å². The first kappa shape index (κ1) is 54.6. The van der Waals surface area contributed by atoms with Crippen LogP contribution in [0.2, 0.25) is 0 Å². The molecule has 317 valence electrons. The van der Waals surface area contributed by atoms with E-state index in [1.54, 1.807) is 99.6 Å². The summed E-state index contributed by atoms with van der Waals surface area (Å²) in [7, 11) is 0.628. The van der Waals surface area contributed by atoms with Crippen molar-refractivity contribution in [1.82, 2.24) is 10.2 Å². The molecule has 4 aromatic carbocycles. The maximum absolute atomic E-state index is 12.9. The molecule has 2 saturated heterocycles. The van der Waals surface area contributed by atoms with E-state index in [0.717, 1.165) is 25.8 Å². The zero-order chi connectivity index (χ0) is 42.7. The second-order valence-electron chi connectivity index (χ2n) is 13.7. The molecule has 4 aromatic rings. The van der Waals surface area contributed by atoms with Gasteiger partial charge in [-0.25, -0.2) is 4.79 Å². The van der Waals surface area contributed by atoms with Gasteiger partial charge in [-0.2, -0.15) is 0 Å². The first-order valence-electron chi connectivity index (χ1n) is 18.1. The Bertz CT molecular complexity index is 1960. The summed E-state index contributed by atoms with van der Waals surface area (Å²) in [4.78, 5) is 64.3. The molecule has 0 radical (unpaired) electrons. The number of likely N-dealkylation sites (tertiary alicyclic amines) is 1. The van der Waals surface area contributed by atoms with E-state index in [9.17, 15) is 24.0 Å². The average Bonchev–Trinajstić information content (AvgIpc) is 3.93. The number of nitrogens with one attached hydrogen (secondary N) is 3. The van der Waals surface area contributed by atoms with E-state index >= 15 is 0 Å². The SMILES string of the molecule is CC(C)(C)OC(=O)N1CCC[C@@H]1C(=O)Nc1ccccc1C(=O)c1ccccc1.Cl.O=C(c1ccccc1)c1ccccc1NC(=O)[C@H]1CCCN1.[I][V]([I])[I].[I][V][I]. The number of nitrogens with zero attached hydrogens (tertiary/aromatic N) is 1. The summed E-state index contributed by atoms with van der Waals surface area (Å²) >= 11 is 12.1. The molecule has 0 aliphatic carbocycles. The number of benzene rings is 4. The van der Waals surface area contributed by atoms with Crippen LogP contribution in [0.25, 0.3) is 0 Å². The molecule has 2 fully saturated rings. The molecule has 2 atom stereocenters. The Kier molecular flexibility index (Phi) is 26.9. The molecule has 6 rings (SSSR count). The molecule has 2 aliphatic heterocycles. The van der Waals surface area contributed by atoms with E-state index in [0.29, 0.717) is 56.1 Å². The summed E-state index contributed by atoms with van der Waals surface area (Å²) in [5.74, 6) is -0.653. The van der Waals surface area contributed by atoms with Crippen LogP contribution in [0.15, 0.2) is 109 Å². The number of amides is 3. The number of para-hydroxylation sites is 2. The van der Waals surface area contributed by atoms with Gasteiger partial charge in [-0.3, -0.25) is 24.1 Å². The fourth-order valence-corrected chi connectivity index (χ4v) is 5.99. The van der Waals surface area contributed by atoms with Crippen molar-refractivity contribution in [3.63, 3.8) is 0 Å². The van der Waals surface area contributed by atoms with Gasteiger partial charge in [0.15, 0.2) is 11.6 Å². The molecule has 0 saturated carbocycles. The van der Waals surface area contributed by atoms with E-state index in [-0.39, 0.29) is 46.8 Å². The Morgan fingerprint density at radius 1 is 0.695 bits per heavy atom. The fraction of sp³-hybridized carbons (Fsp3) is 0.293. The van der Waals surface area contributed by atoms with Gasteiger partial charge in [0.25, 0.3) is 0 Å². The molecule has 10 nitrogen and oxygen atoms in total. The van der Waals surface area contributed by atoms with E-state index in [1.807, 2.05) is 30.3 Å². The number of carbonyl (C=O) groups is 5. The third kappa shape index (κ3) is 19.4. The number of hydrogen-bond acceptors (Lipinski definition) is 7. The maximum atomic E-state index is 12.9. The van der Waals surface area contributed by atoms with Crippen molar-refractivity contribution in [2.24, 2.45) is 0 Å². The molecule has 18 heteroatoms. The number of rotatable bonds is 8. The topological polar surface area (TPSA) is 134 Å². The van der Waals surface area contributed by atoms with Crippen molar-refractivity contribution in [3.05, 3.63) is 131 Å². The summed E-state index contributed by atoms with van der Waals surface area (Å²) < 4.78 is 5.42. The molecule has 0 bridgehead atoms. The quantitative estimate of drug-likeness (QED) is 0.118. The van der Waals surface area contributed by atoms with Crippen LogP contribution in [0.5, 0.6) is 0 Å². The molecule has 3 amide bonds. The van der Waals surface area contributed by atoms with Crippen molar-refractivity contribution < 1.29 is 43.1 Å². The summed E-state index contributed by atoms with van der Waals surface area (Å²) in [6.07, 6.45) is 2.62. The van der Waals surface area contributed by atoms with Crippen molar-refractivity contribution in [1.29, 1.82) is 0 Å². The predicted octanol–water partition coefficient (Wildman–Crippen LogP) is 11.7. The average molecular weight is 1460 g/mol. The molecule has 0 aromatic heterocycles. The van der Waals surface area contributed by atoms with Crippen LogP contribution in [0.4, 0.5) is 16.2 Å². The molecule has 0 spiro atoms. The minimum atomic E-state index is -0.630. The monoisotopic (exact) mass is 1460 g/mol. The number of anilines is 2. The van der Waals surface area contributed by atoms with Crippen LogP contribution in [0.3, 0.4) is 0 Å². The van der Waals surface area contributed by atoms with Gasteiger partial charge in [0.2, 0.25) is 11.8 Å². The van der Waals surface area contributed by atoms with E-state index in [2.05, 4.69) is 116 Å². The second-order valence-corrected chi connectivity index (χ2v) is 60.9. The molecule has 0 unspecified atom stereocenters. The zero-order valence-corrected chi connectivity index (χ0v) is 46.8. The van der Waals surface area contributed by atoms with Gasteiger partial charge in [0.05, 0.1) is 17.4 Å². The van der Waals surface area contributed by atoms with Gasteiger partial charge in [0.1, 0.15) is 11.6 Å². The van der Waals surface area contributed by atoms with Crippen LogP contribution >= 0.6 is 112 Å². The van der Waals surface area contributed by atoms with Crippen LogP contribution in [-0.2, 0) is 28.7 Å². The van der Waals surface area contributed by atoms with Gasteiger partial charge in [-0.05, 0) is 77.3 Å². The van der Waals surface area contributed by atoms with Crippen LogP contribution in [0.1, 0.15) is 78.3 Å². The van der Waals surface area contributed by atoms with E-state index < -0.39 is 17.7 Å². The summed E-state index contributed by atoms with van der Waals surface area (Å²) in [6.45, 7) is 6.71. The number of ketones is 2. The third-order valence-electron chi connectivity index (χ3n) is 8.49. The van der Waals surface area contributed by atoms with Crippen molar-refractivity contribution >= 4 is 153 Å². The zero-order valence-electron chi connectivity index (χ0n) is 32.4. The van der Waals surface area contributed by atoms with Gasteiger partial charge in [-0.15, -0.1) is 12.4 Å². The van der Waals surface area contributed by atoms with Gasteiger partial charge >= 0.3 is 120 Å². The number of carbonyl (C=O) groups excluding carboxylic acids is 5. The molecular weight excluding hydrogens is 1420 g/mol.